The molecule has 0 saturated heterocycles. The summed E-state index contributed by atoms with van der Waals surface area (Å²) in [5, 5.41) is 2.61. The Balaban J connectivity index is 1.78. The fraction of sp³-hybridized carbons (Fsp3) is 0.395. The zero-order chi connectivity index (χ0) is 30.1. The van der Waals surface area contributed by atoms with Gasteiger partial charge in [-0.15, -0.1) is 0 Å². The minimum atomic E-state index is 0.0223. The Morgan fingerprint density at radius 1 is 0.810 bits per heavy atom. The van der Waals surface area contributed by atoms with Crippen molar-refractivity contribution in [2.75, 3.05) is 0 Å². The van der Waals surface area contributed by atoms with Gasteiger partial charge in [-0.05, 0) is 95.3 Å². The molecule has 2 heterocycles. The highest BCUT2D eigenvalue weighted by atomic mass is 79.9. The van der Waals surface area contributed by atoms with E-state index in [1.165, 1.54) is 58.7 Å². The third kappa shape index (κ3) is 6.92. The van der Waals surface area contributed by atoms with Crippen molar-refractivity contribution in [2.24, 2.45) is 5.41 Å². The maximum atomic E-state index is 6.52. The minimum Gasteiger partial charge on any atom is -0.457 e. The van der Waals surface area contributed by atoms with Crippen molar-refractivity contribution in [3.8, 4) is 17.3 Å². The van der Waals surface area contributed by atoms with Crippen LogP contribution < -0.4 is 4.74 Å². The molecule has 0 saturated carbocycles. The molecule has 0 aliphatic carbocycles. The molecule has 0 aliphatic heterocycles. The normalized spacial score (nSPS) is 12.4. The number of hydrogen-bond donors (Lipinski definition) is 0. The van der Waals surface area contributed by atoms with Crippen LogP contribution in [0.5, 0.6) is 11.5 Å². The first-order chi connectivity index (χ1) is 19.9. The van der Waals surface area contributed by atoms with Crippen LogP contribution in [0.2, 0.25) is 0 Å². The van der Waals surface area contributed by atoms with E-state index in [9.17, 15) is 0 Å². The largest absolute Gasteiger partial charge is 0.457 e. The molecule has 5 aromatic rings. The summed E-state index contributed by atoms with van der Waals surface area (Å²) in [7, 11) is 0. The Morgan fingerprint density at radius 3 is 2.33 bits per heavy atom. The third-order valence-electron chi connectivity index (χ3n) is 7.90. The molecule has 0 aliphatic rings. The second kappa shape index (κ2) is 12.2. The Labute approximate surface area is 260 Å². The second-order valence-electron chi connectivity index (χ2n) is 13.9. The van der Waals surface area contributed by atoms with Crippen molar-refractivity contribution in [1.29, 1.82) is 0 Å². The number of pyridine rings is 1. The standard InChI is InChI=1S/C38H45BrN2O/c1-8-9-10-11-13-26-16-17-33-32(20-26)36-27(25-37(2,3)4)21-31(42-30-15-12-14-29(39)23-30)24-34(36)41(33)35-22-28(18-19-40-35)38(5,6)7/h12,14-24H,8-11,13,25H2,1-7H3. The highest BCUT2D eigenvalue weighted by Crippen LogP contribution is 2.41. The number of ether oxygens (including phenoxy) is 1. The van der Waals surface area contributed by atoms with Gasteiger partial charge in [-0.1, -0.05) is 95.8 Å². The molecule has 220 valence electrons. The predicted octanol–water partition coefficient (Wildman–Crippen LogP) is 11.7. The van der Waals surface area contributed by atoms with Gasteiger partial charge in [0.2, 0.25) is 0 Å². The van der Waals surface area contributed by atoms with Gasteiger partial charge in [0.1, 0.15) is 17.3 Å². The zero-order valence-corrected chi connectivity index (χ0v) is 27.9. The van der Waals surface area contributed by atoms with Gasteiger partial charge in [-0.3, -0.25) is 4.57 Å². The molecule has 0 N–H and O–H groups in total. The van der Waals surface area contributed by atoms with E-state index in [1.807, 2.05) is 30.5 Å². The van der Waals surface area contributed by atoms with Crippen molar-refractivity contribution in [2.45, 2.75) is 92.4 Å². The summed E-state index contributed by atoms with van der Waals surface area (Å²) in [6, 6.07) is 24.0. The molecule has 0 spiro atoms. The van der Waals surface area contributed by atoms with E-state index in [1.54, 1.807) is 0 Å². The van der Waals surface area contributed by atoms with Gasteiger partial charge in [-0.25, -0.2) is 4.98 Å². The van der Waals surface area contributed by atoms with E-state index in [0.29, 0.717) is 0 Å². The van der Waals surface area contributed by atoms with Gasteiger partial charge < -0.3 is 4.74 Å². The number of unbranched alkanes of at least 4 members (excludes halogenated alkanes) is 3. The van der Waals surface area contributed by atoms with Crippen molar-refractivity contribution < 1.29 is 4.74 Å². The molecule has 42 heavy (non-hydrogen) atoms. The van der Waals surface area contributed by atoms with Gasteiger partial charge >= 0.3 is 0 Å². The average Bonchev–Trinajstić information content (AvgIpc) is 3.23. The maximum Gasteiger partial charge on any atom is 0.137 e. The van der Waals surface area contributed by atoms with Crippen molar-refractivity contribution in [1.82, 2.24) is 9.55 Å². The monoisotopic (exact) mass is 624 g/mol. The number of halogens is 1. The van der Waals surface area contributed by atoms with Crippen LogP contribution in [0.4, 0.5) is 0 Å². The summed E-state index contributed by atoms with van der Waals surface area (Å²) in [5.74, 6) is 2.60. The summed E-state index contributed by atoms with van der Waals surface area (Å²) < 4.78 is 9.87. The first-order valence-electron chi connectivity index (χ1n) is 15.4. The molecule has 0 bridgehead atoms. The van der Waals surface area contributed by atoms with Crippen LogP contribution in [-0.2, 0) is 18.3 Å². The third-order valence-corrected chi connectivity index (χ3v) is 8.39. The van der Waals surface area contributed by atoms with Crippen LogP contribution in [0.25, 0.3) is 27.6 Å². The van der Waals surface area contributed by atoms with E-state index in [0.717, 1.165) is 40.1 Å². The lowest BCUT2D eigenvalue weighted by Gasteiger charge is -2.21. The van der Waals surface area contributed by atoms with Gasteiger partial charge in [0.05, 0.1) is 11.0 Å². The lowest BCUT2D eigenvalue weighted by Crippen LogP contribution is -2.12. The molecule has 0 amide bonds. The van der Waals surface area contributed by atoms with Crippen LogP contribution in [-0.4, -0.2) is 9.55 Å². The Bertz CT molecular complexity index is 1700. The van der Waals surface area contributed by atoms with Crippen molar-refractivity contribution in [3.05, 3.63) is 94.1 Å². The maximum absolute atomic E-state index is 6.52. The van der Waals surface area contributed by atoms with Crippen LogP contribution in [0.1, 0.15) is 90.8 Å². The van der Waals surface area contributed by atoms with E-state index >= 15 is 0 Å². The fourth-order valence-electron chi connectivity index (χ4n) is 5.85. The molecule has 0 atom stereocenters. The lowest BCUT2D eigenvalue weighted by molar-refractivity contribution is 0.411. The van der Waals surface area contributed by atoms with Crippen molar-refractivity contribution >= 4 is 37.7 Å². The molecule has 5 rings (SSSR count). The minimum absolute atomic E-state index is 0.0223. The van der Waals surface area contributed by atoms with Gasteiger partial charge in [-0.2, -0.15) is 0 Å². The second-order valence-corrected chi connectivity index (χ2v) is 14.8. The first-order valence-corrected chi connectivity index (χ1v) is 16.2. The number of nitrogens with zero attached hydrogens (tertiary/aromatic N) is 2. The molecule has 0 radical (unpaired) electrons. The topological polar surface area (TPSA) is 27.1 Å². The van der Waals surface area contributed by atoms with Crippen LogP contribution in [0.15, 0.2) is 77.4 Å². The number of aryl methyl sites for hydroxylation is 1. The smallest absolute Gasteiger partial charge is 0.137 e. The molecular formula is C38H45BrN2O. The van der Waals surface area contributed by atoms with E-state index < -0.39 is 0 Å². The van der Waals surface area contributed by atoms with Gasteiger partial charge in [0, 0.05) is 27.5 Å². The quantitative estimate of drug-likeness (QED) is 0.152. The van der Waals surface area contributed by atoms with Crippen LogP contribution in [0, 0.1) is 5.41 Å². The van der Waals surface area contributed by atoms with E-state index in [-0.39, 0.29) is 10.8 Å². The molecular weight excluding hydrogens is 580 g/mol. The number of fused-ring (bicyclic) bond motifs is 3. The molecule has 4 heteroatoms. The zero-order valence-electron chi connectivity index (χ0n) is 26.4. The highest BCUT2D eigenvalue weighted by molar-refractivity contribution is 9.10. The number of benzene rings is 3. The predicted molar refractivity (Wildman–Crippen MR) is 182 cm³/mol. The molecule has 0 unspecified atom stereocenters. The molecule has 2 aromatic heterocycles. The van der Waals surface area contributed by atoms with Gasteiger partial charge in [0.15, 0.2) is 0 Å². The fourth-order valence-corrected chi connectivity index (χ4v) is 6.23. The SMILES string of the molecule is CCCCCCc1ccc2c(c1)c1c(CC(C)(C)C)cc(Oc3cccc(Br)c3)cc1n2-c1cc(C(C)(C)C)ccn1. The van der Waals surface area contributed by atoms with Crippen molar-refractivity contribution in [3.63, 3.8) is 0 Å². The highest BCUT2D eigenvalue weighted by Gasteiger charge is 2.23. The summed E-state index contributed by atoms with van der Waals surface area (Å²) in [6.45, 7) is 16.0. The number of aromatic nitrogens is 2. The van der Waals surface area contributed by atoms with E-state index in [4.69, 9.17) is 9.72 Å². The summed E-state index contributed by atoms with van der Waals surface area (Å²) in [5.41, 5.74) is 6.45. The molecule has 3 nitrogen and oxygen atoms in total. The Hall–Kier alpha value is -3.11. The summed E-state index contributed by atoms with van der Waals surface area (Å²) in [6.07, 6.45) is 9.07. The Kier molecular flexibility index (Phi) is 8.85. The molecule has 0 fully saturated rings. The lowest BCUT2D eigenvalue weighted by atomic mass is 9.86. The Morgan fingerprint density at radius 2 is 1.62 bits per heavy atom. The number of rotatable bonds is 9. The number of hydrogen-bond acceptors (Lipinski definition) is 2. The molecule has 3 aromatic carbocycles. The van der Waals surface area contributed by atoms with E-state index in [2.05, 4.69) is 111 Å². The summed E-state index contributed by atoms with van der Waals surface area (Å²) >= 11 is 3.60. The summed E-state index contributed by atoms with van der Waals surface area (Å²) in [4.78, 5) is 4.93. The van der Waals surface area contributed by atoms with Crippen LogP contribution >= 0.6 is 15.9 Å². The van der Waals surface area contributed by atoms with Crippen LogP contribution in [0.3, 0.4) is 0 Å². The average molecular weight is 626 g/mol. The first kappa shape index (κ1) is 30.4. The van der Waals surface area contributed by atoms with Gasteiger partial charge in [0.25, 0.3) is 0 Å².